The fourth-order valence-corrected chi connectivity index (χ4v) is 5.84. The van der Waals surface area contributed by atoms with Crippen LogP contribution in [0.3, 0.4) is 0 Å². The van der Waals surface area contributed by atoms with Gasteiger partial charge in [-0.05, 0) is 105 Å². The Morgan fingerprint density at radius 3 is 1.19 bits per heavy atom. The Bertz CT molecular complexity index is 1720. The van der Waals surface area contributed by atoms with Crippen LogP contribution in [-0.4, -0.2) is 36.0 Å². The summed E-state index contributed by atoms with van der Waals surface area (Å²) in [5, 5.41) is 6.96. The Kier molecular flexibility index (Phi) is 10.0. The SMILES string of the molecule is Cc1cc(OC(C)C)cc(OC(C)C)c1Nc1ccc(Nc2c(C)cc(OC(C)C)cc2OC(C)C)c2c1C(=O)c1ccccc1C2=O. The molecular weight excluding hydrogens is 604 g/mol. The van der Waals surface area contributed by atoms with Crippen LogP contribution < -0.4 is 29.6 Å². The van der Waals surface area contributed by atoms with Gasteiger partial charge in [0.05, 0.1) is 58.3 Å². The molecule has 0 aromatic heterocycles. The van der Waals surface area contributed by atoms with Gasteiger partial charge in [-0.2, -0.15) is 0 Å². The molecule has 4 aromatic carbocycles. The minimum Gasteiger partial charge on any atom is -0.491 e. The van der Waals surface area contributed by atoms with Gasteiger partial charge in [-0.25, -0.2) is 0 Å². The molecule has 8 heteroatoms. The monoisotopic (exact) mass is 650 g/mol. The molecule has 1 aliphatic rings. The molecule has 252 valence electrons. The Morgan fingerprint density at radius 1 is 0.500 bits per heavy atom. The lowest BCUT2D eigenvalue weighted by Crippen LogP contribution is -2.23. The van der Waals surface area contributed by atoms with Crippen LogP contribution in [0.4, 0.5) is 22.7 Å². The second-order valence-electron chi connectivity index (χ2n) is 13.3. The topological polar surface area (TPSA) is 95.1 Å². The molecular formula is C40H46N2O6. The highest BCUT2D eigenvalue weighted by Gasteiger charge is 2.35. The fraction of sp³-hybridized carbons (Fsp3) is 0.350. The summed E-state index contributed by atoms with van der Waals surface area (Å²) in [6, 6.07) is 18.2. The van der Waals surface area contributed by atoms with Gasteiger partial charge in [0, 0.05) is 23.3 Å². The van der Waals surface area contributed by atoms with E-state index in [4.69, 9.17) is 18.9 Å². The summed E-state index contributed by atoms with van der Waals surface area (Å²) in [6.07, 6.45) is -0.255. The molecule has 0 bridgehead atoms. The zero-order valence-electron chi connectivity index (χ0n) is 29.5. The summed E-state index contributed by atoms with van der Waals surface area (Å²) < 4.78 is 24.4. The van der Waals surface area contributed by atoms with Crippen LogP contribution in [-0.2, 0) is 0 Å². The molecule has 0 saturated carbocycles. The lowest BCUT2D eigenvalue weighted by Gasteiger charge is -2.26. The number of carbonyl (C=O) groups excluding carboxylic acids is 2. The fourth-order valence-electron chi connectivity index (χ4n) is 5.84. The Balaban J connectivity index is 1.67. The van der Waals surface area contributed by atoms with Crippen molar-refractivity contribution in [3.05, 3.63) is 94.0 Å². The molecule has 48 heavy (non-hydrogen) atoms. The van der Waals surface area contributed by atoms with Gasteiger partial charge < -0.3 is 29.6 Å². The van der Waals surface area contributed by atoms with Crippen molar-refractivity contribution in [1.82, 2.24) is 0 Å². The molecule has 5 rings (SSSR count). The molecule has 0 atom stereocenters. The van der Waals surface area contributed by atoms with Gasteiger partial charge in [-0.3, -0.25) is 9.59 Å². The quantitative estimate of drug-likeness (QED) is 0.138. The van der Waals surface area contributed by atoms with Crippen molar-refractivity contribution in [3.8, 4) is 23.0 Å². The molecule has 0 saturated heterocycles. The number of hydrogen-bond donors (Lipinski definition) is 2. The van der Waals surface area contributed by atoms with E-state index >= 15 is 0 Å². The number of aryl methyl sites for hydroxylation is 2. The van der Waals surface area contributed by atoms with E-state index in [0.29, 0.717) is 56.9 Å². The summed E-state index contributed by atoms with van der Waals surface area (Å²) in [6.45, 7) is 19.6. The van der Waals surface area contributed by atoms with Gasteiger partial charge in [0.25, 0.3) is 0 Å². The minimum absolute atomic E-state index is 0.0140. The Labute approximate surface area is 283 Å². The summed E-state index contributed by atoms with van der Waals surface area (Å²) in [5.41, 5.74) is 5.38. The van der Waals surface area contributed by atoms with Crippen molar-refractivity contribution >= 4 is 34.3 Å². The van der Waals surface area contributed by atoms with E-state index in [-0.39, 0.29) is 47.1 Å². The Hall–Kier alpha value is -4.98. The Morgan fingerprint density at radius 2 is 0.854 bits per heavy atom. The number of hydrogen-bond acceptors (Lipinski definition) is 8. The minimum atomic E-state index is -0.244. The molecule has 0 radical (unpaired) electrons. The van der Waals surface area contributed by atoms with Crippen molar-refractivity contribution in [2.24, 2.45) is 0 Å². The first-order valence-electron chi connectivity index (χ1n) is 16.6. The summed E-state index contributed by atoms with van der Waals surface area (Å²) >= 11 is 0. The maximum absolute atomic E-state index is 14.3. The second-order valence-corrected chi connectivity index (χ2v) is 13.3. The molecule has 0 unspecified atom stereocenters. The number of anilines is 4. The normalized spacial score (nSPS) is 12.4. The first kappa shape index (κ1) is 34.4. The van der Waals surface area contributed by atoms with Crippen LogP contribution in [0.5, 0.6) is 23.0 Å². The molecule has 0 spiro atoms. The molecule has 0 amide bonds. The predicted molar refractivity (Wildman–Crippen MR) is 192 cm³/mol. The van der Waals surface area contributed by atoms with Crippen LogP contribution >= 0.6 is 0 Å². The smallest absolute Gasteiger partial charge is 0.196 e. The van der Waals surface area contributed by atoms with Crippen LogP contribution in [0.2, 0.25) is 0 Å². The largest absolute Gasteiger partial charge is 0.491 e. The molecule has 0 aliphatic heterocycles. The third kappa shape index (κ3) is 7.28. The molecule has 2 N–H and O–H groups in total. The van der Waals surface area contributed by atoms with Gasteiger partial charge in [-0.15, -0.1) is 0 Å². The van der Waals surface area contributed by atoms with Gasteiger partial charge in [0.1, 0.15) is 23.0 Å². The molecule has 8 nitrogen and oxygen atoms in total. The van der Waals surface area contributed by atoms with Crippen molar-refractivity contribution in [1.29, 1.82) is 0 Å². The zero-order chi connectivity index (χ0) is 34.9. The predicted octanol–water partition coefficient (Wildman–Crippen LogP) is 9.71. The number of fused-ring (bicyclic) bond motifs is 2. The molecule has 1 aliphatic carbocycles. The maximum Gasteiger partial charge on any atom is 0.196 e. The number of nitrogens with one attached hydrogen (secondary N) is 2. The van der Waals surface area contributed by atoms with Crippen LogP contribution in [0.1, 0.15) is 98.4 Å². The highest BCUT2D eigenvalue weighted by Crippen LogP contribution is 2.44. The van der Waals surface area contributed by atoms with E-state index in [1.165, 1.54) is 0 Å². The van der Waals surface area contributed by atoms with E-state index < -0.39 is 0 Å². The molecule has 0 heterocycles. The summed E-state index contributed by atoms with van der Waals surface area (Å²) in [5.74, 6) is 2.05. The lowest BCUT2D eigenvalue weighted by molar-refractivity contribution is 0.0980. The number of benzene rings is 4. The number of carbonyl (C=O) groups is 2. The van der Waals surface area contributed by atoms with Gasteiger partial charge in [-0.1, -0.05) is 24.3 Å². The lowest BCUT2D eigenvalue weighted by atomic mass is 9.82. The van der Waals surface area contributed by atoms with Crippen molar-refractivity contribution < 1.29 is 28.5 Å². The number of ether oxygens (including phenoxy) is 4. The number of rotatable bonds is 12. The van der Waals surface area contributed by atoms with Crippen LogP contribution in [0, 0.1) is 13.8 Å². The van der Waals surface area contributed by atoms with Gasteiger partial charge >= 0.3 is 0 Å². The van der Waals surface area contributed by atoms with Crippen molar-refractivity contribution in [2.75, 3.05) is 10.6 Å². The van der Waals surface area contributed by atoms with E-state index in [0.717, 1.165) is 11.1 Å². The maximum atomic E-state index is 14.3. The van der Waals surface area contributed by atoms with Crippen molar-refractivity contribution in [2.45, 2.75) is 93.7 Å². The second kappa shape index (κ2) is 14.0. The van der Waals surface area contributed by atoms with E-state index in [1.54, 1.807) is 24.3 Å². The first-order chi connectivity index (χ1) is 22.7. The standard InChI is InChI=1S/C40H46N2O6/c1-21(2)45-27-17-25(9)37(33(19-27)47-23(5)6)41-31-15-16-32(36-35(31)39(43)29-13-11-12-14-30(29)40(36)44)42-38-26(10)18-28(46-22(3)4)20-34(38)48-24(7)8/h11-24,41-42H,1-10H3. The van der Waals surface area contributed by atoms with Gasteiger partial charge in [0.15, 0.2) is 11.6 Å². The first-order valence-corrected chi connectivity index (χ1v) is 16.6. The zero-order valence-corrected chi connectivity index (χ0v) is 29.5. The van der Waals surface area contributed by atoms with E-state index in [1.807, 2.05) is 106 Å². The highest BCUT2D eigenvalue weighted by atomic mass is 16.5. The molecule has 4 aromatic rings. The van der Waals surface area contributed by atoms with Crippen molar-refractivity contribution in [3.63, 3.8) is 0 Å². The third-order valence-electron chi connectivity index (χ3n) is 7.61. The summed E-state index contributed by atoms with van der Waals surface area (Å²) in [4.78, 5) is 28.6. The highest BCUT2D eigenvalue weighted by molar-refractivity contribution is 6.32. The average molecular weight is 651 g/mol. The van der Waals surface area contributed by atoms with Crippen LogP contribution in [0.15, 0.2) is 60.7 Å². The van der Waals surface area contributed by atoms with Crippen LogP contribution in [0.25, 0.3) is 0 Å². The molecule has 0 fully saturated rings. The number of ketones is 2. The summed E-state index contributed by atoms with van der Waals surface area (Å²) in [7, 11) is 0. The third-order valence-corrected chi connectivity index (χ3v) is 7.61. The average Bonchev–Trinajstić information content (AvgIpc) is 2.98. The van der Waals surface area contributed by atoms with E-state index in [9.17, 15) is 9.59 Å². The van der Waals surface area contributed by atoms with Gasteiger partial charge in [0.2, 0.25) is 0 Å². The van der Waals surface area contributed by atoms with E-state index in [2.05, 4.69) is 10.6 Å².